The van der Waals surface area contributed by atoms with Crippen LogP contribution in [0.15, 0.2) is 0 Å². The Labute approximate surface area is 79.5 Å². The zero-order chi connectivity index (χ0) is 10.4. The van der Waals surface area contributed by atoms with Gasteiger partial charge in [-0.1, -0.05) is 20.8 Å². The van der Waals surface area contributed by atoms with Crippen LogP contribution >= 0.6 is 0 Å². The highest BCUT2D eigenvalue weighted by molar-refractivity contribution is 5.81. The minimum Gasteiger partial charge on any atom is -0.462 e. The van der Waals surface area contributed by atoms with Crippen LogP contribution in [0.4, 0.5) is 0 Å². The summed E-state index contributed by atoms with van der Waals surface area (Å²) in [5.41, 5.74) is 0. The van der Waals surface area contributed by atoms with E-state index in [-0.39, 0.29) is 23.8 Å². The van der Waals surface area contributed by atoms with Crippen LogP contribution in [-0.4, -0.2) is 17.9 Å². The van der Waals surface area contributed by atoms with Crippen molar-refractivity contribution in [3.63, 3.8) is 0 Å². The van der Waals surface area contributed by atoms with Gasteiger partial charge in [-0.2, -0.15) is 0 Å². The second kappa shape index (κ2) is 5.73. The van der Waals surface area contributed by atoms with Gasteiger partial charge in [0, 0.05) is 13.3 Å². The molecule has 0 amide bonds. The summed E-state index contributed by atoms with van der Waals surface area (Å²) in [5, 5.41) is 0. The van der Waals surface area contributed by atoms with Crippen molar-refractivity contribution < 1.29 is 14.3 Å². The van der Waals surface area contributed by atoms with E-state index >= 15 is 0 Å². The van der Waals surface area contributed by atoms with Gasteiger partial charge in [0.1, 0.15) is 11.9 Å². The summed E-state index contributed by atoms with van der Waals surface area (Å²) in [4.78, 5) is 22.0. The van der Waals surface area contributed by atoms with Crippen molar-refractivity contribution in [3.05, 3.63) is 0 Å². The van der Waals surface area contributed by atoms with Crippen LogP contribution < -0.4 is 0 Å². The Kier molecular flexibility index (Phi) is 5.35. The van der Waals surface area contributed by atoms with E-state index in [0.29, 0.717) is 12.8 Å². The van der Waals surface area contributed by atoms with Crippen LogP contribution in [0.3, 0.4) is 0 Å². The fourth-order valence-corrected chi connectivity index (χ4v) is 1.28. The zero-order valence-electron chi connectivity index (χ0n) is 8.79. The average Bonchev–Trinajstić information content (AvgIpc) is 2.11. The van der Waals surface area contributed by atoms with Gasteiger partial charge in [0.15, 0.2) is 0 Å². The number of rotatable bonds is 5. The third-order valence-corrected chi connectivity index (χ3v) is 2.13. The summed E-state index contributed by atoms with van der Waals surface area (Å²) >= 11 is 0. The molecular weight excluding hydrogens is 168 g/mol. The van der Waals surface area contributed by atoms with Crippen LogP contribution in [0.25, 0.3) is 0 Å². The zero-order valence-corrected chi connectivity index (χ0v) is 8.79. The molecule has 0 saturated carbocycles. The van der Waals surface area contributed by atoms with E-state index in [1.807, 2.05) is 20.8 Å². The Morgan fingerprint density at radius 2 is 1.85 bits per heavy atom. The number of hydrogen-bond acceptors (Lipinski definition) is 3. The Bertz CT molecular complexity index is 187. The Balaban J connectivity index is 4.22. The molecule has 0 N–H and O–H groups in total. The van der Waals surface area contributed by atoms with Crippen LogP contribution in [0.2, 0.25) is 0 Å². The molecule has 0 radical (unpaired) electrons. The van der Waals surface area contributed by atoms with Gasteiger partial charge in [0.05, 0.1) is 5.92 Å². The molecule has 0 aliphatic rings. The quantitative estimate of drug-likeness (QED) is 0.616. The van der Waals surface area contributed by atoms with Gasteiger partial charge in [-0.05, 0) is 6.42 Å². The maximum absolute atomic E-state index is 11.3. The molecule has 3 nitrogen and oxygen atoms in total. The van der Waals surface area contributed by atoms with Gasteiger partial charge in [-0.15, -0.1) is 0 Å². The van der Waals surface area contributed by atoms with Crippen molar-refractivity contribution in [1.82, 2.24) is 0 Å². The molecule has 0 aliphatic carbocycles. The van der Waals surface area contributed by atoms with E-state index in [0.717, 1.165) is 0 Å². The first kappa shape index (κ1) is 12.1. The van der Waals surface area contributed by atoms with Crippen molar-refractivity contribution in [2.45, 2.75) is 46.6 Å². The van der Waals surface area contributed by atoms with Crippen molar-refractivity contribution in [1.29, 1.82) is 0 Å². The summed E-state index contributed by atoms with van der Waals surface area (Å²) in [5.74, 6) is -0.352. The highest BCUT2D eigenvalue weighted by atomic mass is 16.5. The lowest BCUT2D eigenvalue weighted by Gasteiger charge is -2.20. The first-order valence-corrected chi connectivity index (χ1v) is 4.72. The van der Waals surface area contributed by atoms with Crippen molar-refractivity contribution >= 4 is 11.8 Å². The minimum atomic E-state index is -0.317. The summed E-state index contributed by atoms with van der Waals surface area (Å²) in [6.45, 7) is 6.90. The predicted octanol–water partition coefficient (Wildman–Crippen LogP) is 1.94. The highest BCUT2D eigenvalue weighted by Crippen LogP contribution is 2.14. The van der Waals surface area contributed by atoms with E-state index in [1.54, 1.807) is 0 Å². The fraction of sp³-hybridized carbons (Fsp3) is 0.800. The number of Topliss-reactive ketones (excluding diaryl/α,β-unsaturated/α-hetero) is 1. The van der Waals surface area contributed by atoms with Gasteiger partial charge < -0.3 is 4.74 Å². The Morgan fingerprint density at radius 3 is 2.15 bits per heavy atom. The van der Waals surface area contributed by atoms with E-state index in [4.69, 9.17) is 4.74 Å². The van der Waals surface area contributed by atoms with Crippen molar-refractivity contribution in [3.8, 4) is 0 Å². The third-order valence-electron chi connectivity index (χ3n) is 2.13. The molecule has 0 fully saturated rings. The van der Waals surface area contributed by atoms with Gasteiger partial charge in [-0.25, -0.2) is 0 Å². The number of hydrogen-bond donors (Lipinski definition) is 0. The maximum Gasteiger partial charge on any atom is 0.302 e. The maximum atomic E-state index is 11.3. The molecule has 0 saturated heterocycles. The molecule has 0 spiro atoms. The van der Waals surface area contributed by atoms with Crippen molar-refractivity contribution in [2.24, 2.45) is 5.92 Å². The van der Waals surface area contributed by atoms with E-state index < -0.39 is 0 Å². The topological polar surface area (TPSA) is 43.4 Å². The number of carbonyl (C=O) groups excluding carboxylic acids is 2. The highest BCUT2D eigenvalue weighted by Gasteiger charge is 2.23. The summed E-state index contributed by atoms with van der Waals surface area (Å²) in [7, 11) is 0. The lowest BCUT2D eigenvalue weighted by molar-refractivity contribution is -0.150. The molecular formula is C10H18O3. The molecule has 2 atom stereocenters. The minimum absolute atomic E-state index is 0.146. The van der Waals surface area contributed by atoms with Crippen LogP contribution in [-0.2, 0) is 14.3 Å². The summed E-state index contributed by atoms with van der Waals surface area (Å²) in [6, 6.07) is 0. The summed E-state index contributed by atoms with van der Waals surface area (Å²) in [6.07, 6.45) is 0.927. The van der Waals surface area contributed by atoms with Gasteiger partial charge in [0.25, 0.3) is 0 Å². The van der Waals surface area contributed by atoms with E-state index in [1.165, 1.54) is 6.92 Å². The molecule has 0 aliphatic heterocycles. The molecule has 0 rings (SSSR count). The molecule has 13 heavy (non-hydrogen) atoms. The second-order valence-corrected chi connectivity index (χ2v) is 3.16. The molecule has 0 bridgehead atoms. The lowest BCUT2D eigenvalue weighted by atomic mass is 9.96. The molecule has 0 aromatic heterocycles. The van der Waals surface area contributed by atoms with Crippen LogP contribution in [0, 0.1) is 5.92 Å². The van der Waals surface area contributed by atoms with E-state index in [2.05, 4.69) is 0 Å². The smallest absolute Gasteiger partial charge is 0.302 e. The summed E-state index contributed by atoms with van der Waals surface area (Å²) < 4.78 is 5.02. The third kappa shape index (κ3) is 4.06. The molecule has 0 heterocycles. The predicted molar refractivity (Wildman–Crippen MR) is 50.3 cm³/mol. The van der Waals surface area contributed by atoms with Gasteiger partial charge >= 0.3 is 5.97 Å². The standard InChI is InChI=1S/C10H18O3/c1-5-9(12)7(3)10(6-2)13-8(4)11/h7,10H,5-6H2,1-4H3/t7?,10-/m1/s1. The molecule has 0 aromatic rings. The average molecular weight is 186 g/mol. The van der Waals surface area contributed by atoms with Crippen LogP contribution in [0.1, 0.15) is 40.5 Å². The number of esters is 1. The molecule has 3 heteroatoms. The van der Waals surface area contributed by atoms with Gasteiger partial charge in [0.2, 0.25) is 0 Å². The molecule has 1 unspecified atom stereocenters. The number of ether oxygens (including phenoxy) is 1. The SMILES string of the molecule is CCC(=O)C(C)[C@@H](CC)OC(C)=O. The molecule has 0 aromatic carbocycles. The second-order valence-electron chi connectivity index (χ2n) is 3.16. The van der Waals surface area contributed by atoms with Crippen molar-refractivity contribution in [2.75, 3.05) is 0 Å². The fourth-order valence-electron chi connectivity index (χ4n) is 1.28. The number of carbonyl (C=O) groups is 2. The van der Waals surface area contributed by atoms with Crippen LogP contribution in [0.5, 0.6) is 0 Å². The first-order valence-electron chi connectivity index (χ1n) is 4.72. The largest absolute Gasteiger partial charge is 0.462 e. The number of ketones is 1. The normalized spacial score (nSPS) is 14.8. The van der Waals surface area contributed by atoms with Gasteiger partial charge in [-0.3, -0.25) is 9.59 Å². The monoisotopic (exact) mass is 186 g/mol. The first-order chi connectivity index (χ1) is 6.02. The Morgan fingerprint density at radius 1 is 1.31 bits per heavy atom. The molecule has 76 valence electrons. The lowest BCUT2D eigenvalue weighted by Crippen LogP contribution is -2.29. The Hall–Kier alpha value is -0.860. The van der Waals surface area contributed by atoms with E-state index in [9.17, 15) is 9.59 Å².